The smallest absolute Gasteiger partial charge is 0.162 e. The van der Waals surface area contributed by atoms with Gasteiger partial charge < -0.3 is 35.7 Å². The Kier molecular flexibility index (Phi) is 6.70. The molecule has 3 fully saturated rings. The number of rotatable bonds is 5. The van der Waals surface area contributed by atoms with E-state index in [0.717, 1.165) is 0 Å². The van der Waals surface area contributed by atoms with E-state index in [-0.39, 0.29) is 30.5 Å². The second-order valence-corrected chi connectivity index (χ2v) is 13.7. The van der Waals surface area contributed by atoms with Gasteiger partial charge in [0.25, 0.3) is 0 Å². The van der Waals surface area contributed by atoms with Crippen LogP contribution in [0.25, 0.3) is 0 Å². The van der Waals surface area contributed by atoms with Gasteiger partial charge in [-0.05, 0) is 94.1 Å². The van der Waals surface area contributed by atoms with Gasteiger partial charge in [-0.3, -0.25) is 4.79 Å². The van der Waals surface area contributed by atoms with Crippen LogP contribution in [0.5, 0.6) is 0 Å². The molecule has 4 rings (SSSR count). The van der Waals surface area contributed by atoms with Gasteiger partial charge in [-0.15, -0.1) is 0 Å². The van der Waals surface area contributed by atoms with Crippen molar-refractivity contribution in [1.29, 1.82) is 0 Å². The van der Waals surface area contributed by atoms with Crippen LogP contribution in [0.2, 0.25) is 0 Å². The normalized spacial score (nSPS) is 48.2. The molecule has 0 radical (unpaired) electrons. The molecule has 0 unspecified atom stereocenters. The van der Waals surface area contributed by atoms with Gasteiger partial charge in [-0.25, -0.2) is 0 Å². The van der Waals surface area contributed by atoms with E-state index in [1.165, 1.54) is 6.08 Å². The summed E-state index contributed by atoms with van der Waals surface area (Å²) >= 11 is 0. The molecule has 7 N–H and O–H groups in total. The summed E-state index contributed by atoms with van der Waals surface area (Å²) in [5, 5.41) is 76.9. The van der Waals surface area contributed by atoms with Gasteiger partial charge >= 0.3 is 0 Å². The van der Waals surface area contributed by atoms with E-state index in [1.54, 1.807) is 20.8 Å². The third-order valence-electron chi connectivity index (χ3n) is 11.3. The second-order valence-electron chi connectivity index (χ2n) is 13.7. The first-order valence-electron chi connectivity index (χ1n) is 13.5. The summed E-state index contributed by atoms with van der Waals surface area (Å²) < 4.78 is 0. The monoisotopic (exact) mass is 510 g/mol. The van der Waals surface area contributed by atoms with E-state index in [2.05, 4.69) is 0 Å². The molecule has 0 aromatic heterocycles. The minimum atomic E-state index is -1.53. The molecule has 4 aliphatic carbocycles. The van der Waals surface area contributed by atoms with E-state index in [4.69, 9.17) is 0 Å². The number of fused-ring (bicyclic) bond motifs is 5. The highest BCUT2D eigenvalue weighted by Gasteiger charge is 2.70. The molecule has 8 heteroatoms. The maximum absolute atomic E-state index is 13.3. The number of hydrogen-bond acceptors (Lipinski definition) is 8. The van der Waals surface area contributed by atoms with Crippen LogP contribution in [0.4, 0.5) is 0 Å². The Labute approximate surface area is 214 Å². The minimum absolute atomic E-state index is 0.144. The van der Waals surface area contributed by atoms with Crippen LogP contribution >= 0.6 is 0 Å². The van der Waals surface area contributed by atoms with Crippen LogP contribution in [0.15, 0.2) is 11.6 Å². The first-order chi connectivity index (χ1) is 16.3. The predicted octanol–water partition coefficient (Wildman–Crippen LogP) is 1.07. The first kappa shape index (κ1) is 28.1. The highest BCUT2D eigenvalue weighted by atomic mass is 16.4. The van der Waals surface area contributed by atoms with Crippen LogP contribution < -0.4 is 0 Å². The van der Waals surface area contributed by atoms with Crippen LogP contribution in [0.3, 0.4) is 0 Å². The zero-order chi connectivity index (χ0) is 27.2. The third kappa shape index (κ3) is 3.78. The zero-order valence-electron chi connectivity index (χ0n) is 22.5. The quantitative estimate of drug-likeness (QED) is 0.289. The molecule has 0 spiro atoms. The fraction of sp³-hybridized carbons (Fsp3) is 0.893. The van der Waals surface area contributed by atoms with Crippen molar-refractivity contribution in [3.8, 4) is 0 Å². The third-order valence-corrected chi connectivity index (χ3v) is 11.3. The maximum Gasteiger partial charge on any atom is 0.162 e. The van der Waals surface area contributed by atoms with E-state index in [0.29, 0.717) is 31.3 Å². The van der Waals surface area contributed by atoms with Crippen LogP contribution in [-0.4, -0.2) is 82.7 Å². The highest BCUT2D eigenvalue weighted by Crippen LogP contribution is 2.68. The lowest BCUT2D eigenvalue weighted by Gasteiger charge is -2.61. The van der Waals surface area contributed by atoms with E-state index < -0.39 is 63.9 Å². The standard InChI is InChI=1S/C28H46O8/c1-14(24(2,3)34)11-20(31)27(6,35)19-8-10-28(36)16-12-17(29)21-23(33)22(32)18(30)13-25(21,4)15(16)7-9-26(19,28)5/h12,14-15,18-23,30-36H,7-11,13H2,1-6H3/t14-,15+,18-,19-,20+,21+,22-,23+,25+,26+,27+,28+/m0/s1. The summed E-state index contributed by atoms with van der Waals surface area (Å²) in [7, 11) is 0. The van der Waals surface area contributed by atoms with Crippen LogP contribution in [0.1, 0.15) is 80.1 Å². The molecular weight excluding hydrogens is 464 g/mol. The van der Waals surface area contributed by atoms with Gasteiger partial charge in [-0.1, -0.05) is 20.8 Å². The number of carbonyl (C=O) groups is 1. The Morgan fingerprint density at radius 1 is 1.06 bits per heavy atom. The molecule has 3 saturated carbocycles. The lowest BCUT2D eigenvalue weighted by atomic mass is 9.45. The van der Waals surface area contributed by atoms with Gasteiger partial charge in [-0.2, -0.15) is 0 Å². The Bertz CT molecular complexity index is 923. The average molecular weight is 511 g/mol. The van der Waals surface area contributed by atoms with Crippen LogP contribution in [0, 0.1) is 34.5 Å². The Hall–Kier alpha value is -0.870. The Balaban J connectivity index is 1.69. The minimum Gasteiger partial charge on any atom is -0.390 e. The maximum atomic E-state index is 13.3. The Morgan fingerprint density at radius 2 is 1.67 bits per heavy atom. The van der Waals surface area contributed by atoms with Crippen molar-refractivity contribution in [3.05, 3.63) is 11.6 Å². The predicted molar refractivity (Wildman–Crippen MR) is 133 cm³/mol. The molecule has 0 amide bonds. The Morgan fingerprint density at radius 3 is 2.25 bits per heavy atom. The van der Waals surface area contributed by atoms with Crippen molar-refractivity contribution in [3.63, 3.8) is 0 Å². The molecule has 0 heterocycles. The summed E-state index contributed by atoms with van der Waals surface area (Å²) in [5.74, 6) is -2.19. The lowest BCUT2D eigenvalue weighted by molar-refractivity contribution is -0.195. The molecule has 206 valence electrons. The van der Waals surface area contributed by atoms with E-state index in [1.807, 2.05) is 20.8 Å². The largest absolute Gasteiger partial charge is 0.390 e. The fourth-order valence-electron chi connectivity index (χ4n) is 8.53. The second kappa shape index (κ2) is 8.57. The molecule has 12 atom stereocenters. The number of carbonyl (C=O) groups excluding carboxylic acids is 1. The number of aliphatic hydroxyl groups is 7. The number of allylic oxidation sites excluding steroid dienone is 1. The van der Waals surface area contributed by atoms with Crippen molar-refractivity contribution in [2.45, 2.75) is 121 Å². The molecule has 36 heavy (non-hydrogen) atoms. The van der Waals surface area contributed by atoms with Gasteiger partial charge in [0, 0.05) is 5.41 Å². The number of ketones is 1. The molecule has 8 nitrogen and oxygen atoms in total. The molecule has 0 aromatic carbocycles. The summed E-state index contributed by atoms with van der Waals surface area (Å²) in [6.45, 7) is 10.6. The van der Waals surface area contributed by atoms with Crippen molar-refractivity contribution in [2.24, 2.45) is 34.5 Å². The first-order valence-corrected chi connectivity index (χ1v) is 13.5. The van der Waals surface area contributed by atoms with Crippen molar-refractivity contribution < 1.29 is 40.5 Å². The van der Waals surface area contributed by atoms with E-state index in [9.17, 15) is 40.5 Å². The fourth-order valence-corrected chi connectivity index (χ4v) is 8.53. The molecule has 0 bridgehead atoms. The summed E-state index contributed by atoms with van der Waals surface area (Å²) in [5.41, 5.74) is -4.98. The molecule has 4 aliphatic rings. The lowest BCUT2D eigenvalue weighted by Crippen LogP contribution is -2.65. The number of hydrogen-bond donors (Lipinski definition) is 7. The summed E-state index contributed by atoms with van der Waals surface area (Å²) in [6, 6.07) is 0. The highest BCUT2D eigenvalue weighted by molar-refractivity contribution is 5.95. The molecule has 0 aromatic rings. The average Bonchev–Trinajstić information content (AvgIpc) is 3.03. The van der Waals surface area contributed by atoms with Crippen LogP contribution in [-0.2, 0) is 4.79 Å². The number of aliphatic hydroxyl groups excluding tert-OH is 4. The van der Waals surface area contributed by atoms with Gasteiger partial charge in [0.2, 0.25) is 0 Å². The van der Waals surface area contributed by atoms with Gasteiger partial charge in [0.1, 0.15) is 6.10 Å². The van der Waals surface area contributed by atoms with Gasteiger partial charge in [0.15, 0.2) is 5.78 Å². The summed E-state index contributed by atoms with van der Waals surface area (Å²) in [6.07, 6.45) is -1.36. The summed E-state index contributed by atoms with van der Waals surface area (Å²) in [4.78, 5) is 13.3. The zero-order valence-corrected chi connectivity index (χ0v) is 22.5. The van der Waals surface area contributed by atoms with Crippen molar-refractivity contribution >= 4 is 5.78 Å². The topological polar surface area (TPSA) is 159 Å². The molecular formula is C28H46O8. The SMILES string of the molecule is C[C@@H](C[C@@H](O)[C@](C)(O)[C@H]1CC[C@@]2(O)C3=CC(=O)[C@@H]4[C@@H](O)[C@@H](O)[C@@H](O)C[C@]4(C)[C@@H]3CC[C@]12C)C(C)(C)O. The molecule has 0 saturated heterocycles. The van der Waals surface area contributed by atoms with Crippen molar-refractivity contribution in [1.82, 2.24) is 0 Å². The van der Waals surface area contributed by atoms with Gasteiger partial charge in [0.05, 0.1) is 41.0 Å². The van der Waals surface area contributed by atoms with E-state index >= 15 is 0 Å². The molecule has 0 aliphatic heterocycles. The van der Waals surface area contributed by atoms with Crippen molar-refractivity contribution in [2.75, 3.05) is 0 Å².